The Hall–Kier alpha value is 0.0200. The van der Waals surface area contributed by atoms with Gasteiger partial charge in [-0.15, -0.1) is 0 Å². The summed E-state index contributed by atoms with van der Waals surface area (Å²) >= 11 is 1.86. The van der Waals surface area contributed by atoms with Gasteiger partial charge in [0.1, 0.15) is 5.78 Å². The van der Waals surface area contributed by atoms with E-state index in [4.69, 9.17) is 0 Å². The van der Waals surface area contributed by atoms with Crippen molar-refractivity contribution in [3.63, 3.8) is 0 Å². The van der Waals surface area contributed by atoms with Crippen LogP contribution in [0.5, 0.6) is 0 Å². The van der Waals surface area contributed by atoms with E-state index in [1.165, 1.54) is 18.6 Å². The summed E-state index contributed by atoms with van der Waals surface area (Å²) in [5.41, 5.74) is 0.162. The van der Waals surface area contributed by atoms with Gasteiger partial charge in [0, 0.05) is 6.42 Å². The van der Waals surface area contributed by atoms with Crippen LogP contribution in [0, 0.1) is 5.41 Å². The minimum atomic E-state index is 0.162. The van der Waals surface area contributed by atoms with Crippen LogP contribution in [0.4, 0.5) is 0 Å². The van der Waals surface area contributed by atoms with Crippen LogP contribution in [0.3, 0.4) is 0 Å². The van der Waals surface area contributed by atoms with Crippen LogP contribution < -0.4 is 0 Å². The predicted molar refractivity (Wildman–Crippen MR) is 59.2 cm³/mol. The zero-order valence-electron chi connectivity index (χ0n) is 8.93. The van der Waals surface area contributed by atoms with Crippen molar-refractivity contribution < 1.29 is 4.79 Å². The van der Waals surface area contributed by atoms with Gasteiger partial charge >= 0.3 is 0 Å². The fourth-order valence-electron chi connectivity index (χ4n) is 1.63. The molecule has 0 aromatic carbocycles. The zero-order valence-corrected chi connectivity index (χ0v) is 9.75. The lowest BCUT2D eigenvalue weighted by Gasteiger charge is -2.24. The molecule has 0 saturated carbocycles. The molecule has 1 saturated heterocycles. The van der Waals surface area contributed by atoms with E-state index in [0.29, 0.717) is 11.0 Å². The Morgan fingerprint density at radius 2 is 2.08 bits per heavy atom. The maximum atomic E-state index is 11.8. The minimum absolute atomic E-state index is 0.162. The lowest BCUT2D eigenvalue weighted by atomic mass is 9.88. The molecular weight excluding hydrogens is 180 g/mol. The normalized spacial score (nSPS) is 24.4. The molecule has 1 heterocycles. The van der Waals surface area contributed by atoms with Crippen LogP contribution in [-0.4, -0.2) is 16.8 Å². The standard InChI is InChI=1S/C11H20OS/c1-11(2,3)8-9(12)10-6-4-5-7-13-10/h10H,4-8H2,1-3H3. The van der Waals surface area contributed by atoms with Crippen molar-refractivity contribution in [1.29, 1.82) is 0 Å². The molecule has 0 aliphatic carbocycles. The molecule has 1 atom stereocenters. The first-order valence-electron chi connectivity index (χ1n) is 5.13. The average molecular weight is 200 g/mol. The van der Waals surface area contributed by atoms with Crippen LogP contribution in [0.1, 0.15) is 46.5 Å². The number of thioether (sulfide) groups is 1. The molecule has 1 fully saturated rings. The molecule has 0 spiro atoms. The van der Waals surface area contributed by atoms with E-state index >= 15 is 0 Å². The van der Waals surface area contributed by atoms with Crippen molar-refractivity contribution in [2.45, 2.75) is 51.7 Å². The first-order valence-corrected chi connectivity index (χ1v) is 6.18. The lowest BCUT2D eigenvalue weighted by molar-refractivity contribution is -0.120. The largest absolute Gasteiger partial charge is 0.298 e. The van der Waals surface area contributed by atoms with E-state index in [1.54, 1.807) is 0 Å². The quantitative estimate of drug-likeness (QED) is 0.680. The van der Waals surface area contributed by atoms with Gasteiger partial charge in [0.25, 0.3) is 0 Å². The van der Waals surface area contributed by atoms with Gasteiger partial charge in [-0.25, -0.2) is 0 Å². The molecule has 2 heteroatoms. The molecule has 1 nitrogen and oxygen atoms in total. The SMILES string of the molecule is CC(C)(C)CC(=O)C1CCCCS1. The van der Waals surface area contributed by atoms with Crippen LogP contribution in [0.25, 0.3) is 0 Å². The van der Waals surface area contributed by atoms with E-state index < -0.39 is 0 Å². The Bertz CT molecular complexity index is 175. The van der Waals surface area contributed by atoms with Crippen LogP contribution in [-0.2, 0) is 4.79 Å². The monoisotopic (exact) mass is 200 g/mol. The Labute approximate surface area is 85.7 Å². The molecule has 1 aliphatic heterocycles. The number of Topliss-reactive ketones (excluding diaryl/α,β-unsaturated/α-hetero) is 1. The fraction of sp³-hybridized carbons (Fsp3) is 0.909. The second-order valence-corrected chi connectivity index (χ2v) is 6.37. The summed E-state index contributed by atoms with van der Waals surface area (Å²) in [4.78, 5) is 11.8. The van der Waals surface area contributed by atoms with Gasteiger partial charge in [0.2, 0.25) is 0 Å². The molecule has 76 valence electrons. The van der Waals surface area contributed by atoms with Crippen molar-refractivity contribution in [2.75, 3.05) is 5.75 Å². The number of hydrogen-bond acceptors (Lipinski definition) is 2. The van der Waals surface area contributed by atoms with Crippen molar-refractivity contribution in [3.05, 3.63) is 0 Å². The van der Waals surface area contributed by atoms with Crippen molar-refractivity contribution >= 4 is 17.5 Å². The number of carbonyl (C=O) groups excluding carboxylic acids is 1. The van der Waals surface area contributed by atoms with Crippen molar-refractivity contribution in [3.8, 4) is 0 Å². The summed E-state index contributed by atoms with van der Waals surface area (Å²) in [6, 6.07) is 0. The molecule has 1 rings (SSSR count). The van der Waals surface area contributed by atoms with Gasteiger partial charge in [-0.1, -0.05) is 27.2 Å². The van der Waals surface area contributed by atoms with Gasteiger partial charge in [-0.2, -0.15) is 11.8 Å². The zero-order chi connectivity index (χ0) is 9.90. The third-order valence-corrected chi connectivity index (χ3v) is 3.67. The minimum Gasteiger partial charge on any atom is -0.298 e. The van der Waals surface area contributed by atoms with E-state index in [1.807, 2.05) is 11.8 Å². The smallest absolute Gasteiger partial charge is 0.146 e. The van der Waals surface area contributed by atoms with Crippen molar-refractivity contribution in [2.24, 2.45) is 5.41 Å². The maximum Gasteiger partial charge on any atom is 0.146 e. The Morgan fingerprint density at radius 1 is 1.38 bits per heavy atom. The summed E-state index contributed by atoms with van der Waals surface area (Å²) in [7, 11) is 0. The number of ketones is 1. The van der Waals surface area contributed by atoms with E-state index in [2.05, 4.69) is 20.8 Å². The van der Waals surface area contributed by atoms with E-state index in [-0.39, 0.29) is 5.41 Å². The highest BCUT2D eigenvalue weighted by Gasteiger charge is 2.25. The lowest BCUT2D eigenvalue weighted by Crippen LogP contribution is -2.25. The summed E-state index contributed by atoms with van der Waals surface area (Å²) in [6.45, 7) is 6.41. The molecule has 1 unspecified atom stereocenters. The molecule has 0 bridgehead atoms. The topological polar surface area (TPSA) is 17.1 Å². The van der Waals surface area contributed by atoms with Crippen molar-refractivity contribution in [1.82, 2.24) is 0 Å². The van der Waals surface area contributed by atoms with Gasteiger partial charge in [-0.05, 0) is 24.0 Å². The third-order valence-electron chi connectivity index (χ3n) is 2.24. The second-order valence-electron chi connectivity index (χ2n) is 5.06. The van der Waals surface area contributed by atoms with E-state index in [0.717, 1.165) is 12.8 Å². The van der Waals surface area contributed by atoms with Gasteiger partial charge in [0.05, 0.1) is 5.25 Å². The molecular formula is C11H20OS. The van der Waals surface area contributed by atoms with Crippen LogP contribution >= 0.6 is 11.8 Å². The van der Waals surface area contributed by atoms with Gasteiger partial charge in [-0.3, -0.25) is 4.79 Å². The Balaban J connectivity index is 2.38. The molecule has 1 aliphatic rings. The average Bonchev–Trinajstić information content (AvgIpc) is 2.03. The predicted octanol–water partition coefficient (Wildman–Crippen LogP) is 3.28. The first kappa shape index (κ1) is 11.1. The highest BCUT2D eigenvalue weighted by atomic mass is 32.2. The Morgan fingerprint density at radius 3 is 2.54 bits per heavy atom. The summed E-state index contributed by atoms with van der Waals surface area (Å²) in [5, 5.41) is 0.313. The number of rotatable bonds is 2. The molecule has 0 radical (unpaired) electrons. The first-order chi connectivity index (χ1) is 5.99. The highest BCUT2D eigenvalue weighted by Crippen LogP contribution is 2.29. The summed E-state index contributed by atoms with van der Waals surface area (Å²) < 4.78 is 0. The Kier molecular flexibility index (Phi) is 3.84. The van der Waals surface area contributed by atoms with Crippen LogP contribution in [0.15, 0.2) is 0 Å². The summed E-state index contributed by atoms with van der Waals surface area (Å²) in [6.07, 6.45) is 4.39. The maximum absolute atomic E-state index is 11.8. The second kappa shape index (κ2) is 4.50. The van der Waals surface area contributed by atoms with Crippen LogP contribution in [0.2, 0.25) is 0 Å². The fourth-order valence-corrected chi connectivity index (χ4v) is 2.89. The molecule has 0 amide bonds. The highest BCUT2D eigenvalue weighted by molar-refractivity contribution is 8.00. The summed E-state index contributed by atoms with van der Waals surface area (Å²) in [5.74, 6) is 1.65. The van der Waals surface area contributed by atoms with Gasteiger partial charge < -0.3 is 0 Å². The van der Waals surface area contributed by atoms with Gasteiger partial charge in [0.15, 0.2) is 0 Å². The van der Waals surface area contributed by atoms with E-state index in [9.17, 15) is 4.79 Å². The molecule has 0 aromatic heterocycles. The molecule has 0 aromatic rings. The number of carbonyl (C=O) groups is 1. The molecule has 13 heavy (non-hydrogen) atoms. The third kappa shape index (κ3) is 4.17. The number of hydrogen-bond donors (Lipinski definition) is 0. The molecule has 0 N–H and O–H groups in total.